The minimum atomic E-state index is 0.528. The Bertz CT molecular complexity index is 388. The third-order valence-corrected chi connectivity index (χ3v) is 4.52. The van der Waals surface area contributed by atoms with E-state index in [4.69, 9.17) is 0 Å². The van der Waals surface area contributed by atoms with Crippen molar-refractivity contribution in [2.24, 2.45) is 5.41 Å². The van der Waals surface area contributed by atoms with E-state index in [-0.39, 0.29) is 0 Å². The molecule has 94 valence electrons. The highest BCUT2D eigenvalue weighted by Gasteiger charge is 2.25. The predicted molar refractivity (Wildman–Crippen MR) is 79.0 cm³/mol. The van der Waals surface area contributed by atoms with E-state index in [1.807, 2.05) is 0 Å². The molecular formula is C15H22BrN. The van der Waals surface area contributed by atoms with E-state index in [1.54, 1.807) is 0 Å². The number of hydrogen-bond acceptors (Lipinski definition) is 1. The Kier molecular flexibility index (Phi) is 3.82. The second kappa shape index (κ2) is 5.01. The minimum Gasteiger partial charge on any atom is -0.371 e. The number of rotatable bonds is 2. The van der Waals surface area contributed by atoms with Gasteiger partial charge in [-0.05, 0) is 42.4 Å². The second-order valence-corrected chi connectivity index (χ2v) is 6.47. The highest BCUT2D eigenvalue weighted by molar-refractivity contribution is 9.08. The number of benzene rings is 1. The van der Waals surface area contributed by atoms with E-state index in [2.05, 4.69) is 59.8 Å². The van der Waals surface area contributed by atoms with Gasteiger partial charge in [-0.2, -0.15) is 0 Å². The van der Waals surface area contributed by atoms with Crippen molar-refractivity contribution in [1.82, 2.24) is 0 Å². The Hall–Kier alpha value is -0.500. The number of anilines is 1. The lowest BCUT2D eigenvalue weighted by Gasteiger charge is -2.38. The molecule has 0 bridgehead atoms. The molecule has 1 saturated heterocycles. The summed E-state index contributed by atoms with van der Waals surface area (Å²) in [6.07, 6.45) is 2.60. The first-order chi connectivity index (χ1) is 8.02. The molecule has 0 aromatic heterocycles. The molecule has 0 atom stereocenters. The zero-order valence-corrected chi connectivity index (χ0v) is 12.7. The first-order valence-electron chi connectivity index (χ1n) is 6.42. The van der Waals surface area contributed by atoms with Crippen LogP contribution < -0.4 is 4.90 Å². The number of alkyl halides is 1. The van der Waals surface area contributed by atoms with Crippen molar-refractivity contribution in [3.63, 3.8) is 0 Å². The molecule has 0 aliphatic carbocycles. The largest absolute Gasteiger partial charge is 0.371 e. The van der Waals surface area contributed by atoms with Gasteiger partial charge in [-0.25, -0.2) is 0 Å². The molecule has 0 N–H and O–H groups in total. The van der Waals surface area contributed by atoms with Crippen LogP contribution in [0.25, 0.3) is 0 Å². The van der Waals surface area contributed by atoms with Crippen molar-refractivity contribution in [1.29, 1.82) is 0 Å². The van der Waals surface area contributed by atoms with E-state index in [0.717, 1.165) is 5.33 Å². The molecule has 1 aromatic rings. The summed E-state index contributed by atoms with van der Waals surface area (Å²) in [7, 11) is 0. The Morgan fingerprint density at radius 1 is 1.24 bits per heavy atom. The summed E-state index contributed by atoms with van der Waals surface area (Å²) in [5.41, 5.74) is 4.72. The van der Waals surface area contributed by atoms with Crippen molar-refractivity contribution < 1.29 is 0 Å². The van der Waals surface area contributed by atoms with Gasteiger partial charge in [0.15, 0.2) is 0 Å². The quantitative estimate of drug-likeness (QED) is 0.725. The lowest BCUT2D eigenvalue weighted by Crippen LogP contribution is -2.37. The van der Waals surface area contributed by atoms with E-state index >= 15 is 0 Å². The average molecular weight is 296 g/mol. The van der Waals surface area contributed by atoms with E-state index in [0.29, 0.717) is 5.41 Å². The molecule has 0 spiro atoms. The third-order valence-electron chi connectivity index (χ3n) is 3.87. The molecule has 1 nitrogen and oxygen atoms in total. The SMILES string of the molecule is Cc1cc(CBr)ccc1N1CCC(C)(C)CC1. The number of aryl methyl sites for hydroxylation is 1. The molecule has 1 aliphatic rings. The van der Waals surface area contributed by atoms with Crippen molar-refractivity contribution in [3.8, 4) is 0 Å². The first kappa shape index (κ1) is 12.9. The Morgan fingerprint density at radius 3 is 2.41 bits per heavy atom. The summed E-state index contributed by atoms with van der Waals surface area (Å²) < 4.78 is 0. The van der Waals surface area contributed by atoms with Crippen LogP contribution in [0, 0.1) is 12.3 Å². The van der Waals surface area contributed by atoms with Crippen LogP contribution in [-0.4, -0.2) is 13.1 Å². The van der Waals surface area contributed by atoms with E-state index < -0.39 is 0 Å². The van der Waals surface area contributed by atoms with Crippen molar-refractivity contribution in [2.75, 3.05) is 18.0 Å². The van der Waals surface area contributed by atoms with Gasteiger partial charge in [-0.3, -0.25) is 0 Å². The van der Waals surface area contributed by atoms with Gasteiger partial charge in [0, 0.05) is 24.1 Å². The molecule has 17 heavy (non-hydrogen) atoms. The minimum absolute atomic E-state index is 0.528. The first-order valence-corrected chi connectivity index (χ1v) is 7.54. The Morgan fingerprint density at radius 2 is 1.88 bits per heavy atom. The molecule has 0 amide bonds. The number of piperidine rings is 1. The number of hydrogen-bond donors (Lipinski definition) is 0. The highest BCUT2D eigenvalue weighted by Crippen LogP contribution is 2.33. The van der Waals surface area contributed by atoms with Gasteiger partial charge in [-0.15, -0.1) is 0 Å². The summed E-state index contributed by atoms with van der Waals surface area (Å²) in [5.74, 6) is 0. The van der Waals surface area contributed by atoms with Crippen molar-refractivity contribution in [2.45, 2.75) is 38.9 Å². The maximum absolute atomic E-state index is 3.51. The molecule has 0 radical (unpaired) electrons. The fraction of sp³-hybridized carbons (Fsp3) is 0.600. The maximum Gasteiger partial charge on any atom is 0.0396 e. The van der Waals surface area contributed by atoms with Crippen LogP contribution in [0.3, 0.4) is 0 Å². The zero-order chi connectivity index (χ0) is 12.5. The Balaban J connectivity index is 2.13. The topological polar surface area (TPSA) is 3.24 Å². The molecule has 1 fully saturated rings. The maximum atomic E-state index is 3.51. The summed E-state index contributed by atoms with van der Waals surface area (Å²) in [6, 6.07) is 6.81. The van der Waals surface area contributed by atoms with Gasteiger partial charge in [0.2, 0.25) is 0 Å². The third kappa shape index (κ3) is 3.04. The smallest absolute Gasteiger partial charge is 0.0396 e. The van der Waals surface area contributed by atoms with Crippen LogP contribution in [-0.2, 0) is 5.33 Å². The molecule has 2 rings (SSSR count). The van der Waals surface area contributed by atoms with Gasteiger partial charge in [0.05, 0.1) is 0 Å². The number of halogens is 1. The zero-order valence-electron chi connectivity index (χ0n) is 11.1. The van der Waals surface area contributed by atoms with Crippen molar-refractivity contribution >= 4 is 21.6 Å². The summed E-state index contributed by atoms with van der Waals surface area (Å²) in [5, 5.41) is 0.946. The predicted octanol–water partition coefficient (Wildman–Crippen LogP) is 4.52. The molecule has 1 aliphatic heterocycles. The summed E-state index contributed by atoms with van der Waals surface area (Å²) >= 11 is 3.51. The van der Waals surface area contributed by atoms with Crippen molar-refractivity contribution in [3.05, 3.63) is 29.3 Å². The van der Waals surface area contributed by atoms with Crippen LogP contribution in [0.1, 0.15) is 37.8 Å². The van der Waals surface area contributed by atoms with Gasteiger partial charge < -0.3 is 4.90 Å². The van der Waals surface area contributed by atoms with Gasteiger partial charge in [-0.1, -0.05) is 41.9 Å². The van der Waals surface area contributed by atoms with Crippen LogP contribution in [0.5, 0.6) is 0 Å². The van der Waals surface area contributed by atoms with Gasteiger partial charge in [0.25, 0.3) is 0 Å². The molecule has 1 aromatic carbocycles. The molecule has 0 unspecified atom stereocenters. The van der Waals surface area contributed by atoms with Crippen LogP contribution in [0.4, 0.5) is 5.69 Å². The fourth-order valence-electron chi connectivity index (χ4n) is 2.51. The van der Waals surface area contributed by atoms with Gasteiger partial charge >= 0.3 is 0 Å². The van der Waals surface area contributed by atoms with Gasteiger partial charge in [0.1, 0.15) is 0 Å². The normalized spacial score (nSPS) is 19.4. The lowest BCUT2D eigenvalue weighted by atomic mass is 9.82. The van der Waals surface area contributed by atoms with E-state index in [9.17, 15) is 0 Å². The van der Waals surface area contributed by atoms with Crippen LogP contribution in [0.2, 0.25) is 0 Å². The van der Waals surface area contributed by atoms with E-state index in [1.165, 1.54) is 42.7 Å². The Labute approximate surface area is 113 Å². The standard InChI is InChI=1S/C15H22BrN/c1-12-10-13(11-16)4-5-14(12)17-8-6-15(2,3)7-9-17/h4-5,10H,6-9,11H2,1-3H3. The number of nitrogens with zero attached hydrogens (tertiary/aromatic N) is 1. The molecule has 2 heteroatoms. The highest BCUT2D eigenvalue weighted by atomic mass is 79.9. The fourth-order valence-corrected chi connectivity index (χ4v) is 2.86. The molecule has 1 heterocycles. The monoisotopic (exact) mass is 295 g/mol. The average Bonchev–Trinajstić information content (AvgIpc) is 2.29. The van der Waals surface area contributed by atoms with Crippen LogP contribution >= 0.6 is 15.9 Å². The molecule has 0 saturated carbocycles. The second-order valence-electron chi connectivity index (χ2n) is 5.91. The molecular weight excluding hydrogens is 274 g/mol. The summed E-state index contributed by atoms with van der Waals surface area (Å²) in [6.45, 7) is 9.38. The lowest BCUT2D eigenvalue weighted by molar-refractivity contribution is 0.279. The van der Waals surface area contributed by atoms with Crippen LogP contribution in [0.15, 0.2) is 18.2 Å². The summed E-state index contributed by atoms with van der Waals surface area (Å²) in [4.78, 5) is 2.54.